The minimum Gasteiger partial charge on any atom is -0.481 e. The molecule has 0 saturated carbocycles. The minimum atomic E-state index is -0.923. The summed E-state index contributed by atoms with van der Waals surface area (Å²) in [4.78, 5) is 27.3. The Labute approximate surface area is 165 Å². The number of piperazine rings is 1. The third-order valence-corrected chi connectivity index (χ3v) is 5.45. The van der Waals surface area contributed by atoms with E-state index in [1.807, 2.05) is 41.9 Å². The lowest BCUT2D eigenvalue weighted by Gasteiger charge is -2.35. The Hall–Kier alpha value is -2.67. The van der Waals surface area contributed by atoms with E-state index in [4.69, 9.17) is 10.2 Å². The molecule has 7 nitrogen and oxygen atoms in total. The molecule has 1 aromatic carbocycles. The second-order valence-electron chi connectivity index (χ2n) is 7.50. The van der Waals surface area contributed by atoms with Gasteiger partial charge in [0.1, 0.15) is 0 Å². The van der Waals surface area contributed by atoms with E-state index in [2.05, 4.69) is 11.8 Å². The number of carbonyl (C=O) groups excluding carboxylic acids is 1. The number of aromatic nitrogens is 2. The predicted molar refractivity (Wildman–Crippen MR) is 106 cm³/mol. The highest BCUT2D eigenvalue weighted by atomic mass is 16.4. The second kappa shape index (κ2) is 8.56. The van der Waals surface area contributed by atoms with Crippen LogP contribution in [0, 0.1) is 19.8 Å². The fraction of sp³-hybridized carbons (Fsp3) is 0.476. The molecule has 2 heterocycles. The minimum absolute atomic E-state index is 0.0669. The maximum Gasteiger partial charge on any atom is 0.306 e. The summed E-state index contributed by atoms with van der Waals surface area (Å²) in [5, 5.41) is 13.7. The molecule has 150 valence electrons. The van der Waals surface area contributed by atoms with Crippen molar-refractivity contribution in [3.05, 3.63) is 47.3 Å². The SMILES string of the molecule is Cc1nn(-c2ccccc2)c(C)c1CN1CCN(C(=O)CC(C)C(=O)O)CC1. The van der Waals surface area contributed by atoms with Gasteiger partial charge in [0.15, 0.2) is 0 Å². The number of benzene rings is 1. The van der Waals surface area contributed by atoms with Gasteiger partial charge in [-0.1, -0.05) is 25.1 Å². The van der Waals surface area contributed by atoms with Crippen molar-refractivity contribution >= 4 is 11.9 Å². The molecule has 0 radical (unpaired) electrons. The van der Waals surface area contributed by atoms with Gasteiger partial charge in [-0.25, -0.2) is 4.68 Å². The molecule has 1 N–H and O–H groups in total. The molecule has 0 bridgehead atoms. The first-order valence-electron chi connectivity index (χ1n) is 9.70. The standard InChI is InChI=1S/C21H28N4O3/c1-15(21(27)28)13-20(26)24-11-9-23(10-12-24)14-19-16(2)22-25(17(19)3)18-7-5-4-6-8-18/h4-8,15H,9-14H2,1-3H3,(H,27,28). The Balaban J connectivity index is 1.60. The van der Waals surface area contributed by atoms with Gasteiger partial charge in [0, 0.05) is 50.4 Å². The molecule has 3 rings (SSSR count). The van der Waals surface area contributed by atoms with Gasteiger partial charge in [0.2, 0.25) is 5.91 Å². The fourth-order valence-corrected chi connectivity index (χ4v) is 3.58. The Morgan fingerprint density at radius 1 is 1.11 bits per heavy atom. The van der Waals surface area contributed by atoms with Crippen molar-refractivity contribution < 1.29 is 14.7 Å². The number of aliphatic carboxylic acids is 1. The van der Waals surface area contributed by atoms with E-state index >= 15 is 0 Å². The molecule has 1 unspecified atom stereocenters. The summed E-state index contributed by atoms with van der Waals surface area (Å²) in [6.07, 6.45) is 0.0669. The topological polar surface area (TPSA) is 78.7 Å². The van der Waals surface area contributed by atoms with Gasteiger partial charge in [-0.3, -0.25) is 14.5 Å². The summed E-state index contributed by atoms with van der Waals surface area (Å²) in [5.74, 6) is -1.63. The number of hydrogen-bond acceptors (Lipinski definition) is 4. The maximum atomic E-state index is 12.3. The molecular formula is C21H28N4O3. The average molecular weight is 384 g/mol. The Morgan fingerprint density at radius 2 is 1.75 bits per heavy atom. The highest BCUT2D eigenvalue weighted by molar-refractivity contribution is 5.82. The van der Waals surface area contributed by atoms with Crippen LogP contribution >= 0.6 is 0 Å². The largest absolute Gasteiger partial charge is 0.481 e. The molecule has 1 amide bonds. The molecule has 0 spiro atoms. The van der Waals surface area contributed by atoms with E-state index in [0.29, 0.717) is 13.1 Å². The number of para-hydroxylation sites is 1. The predicted octanol–water partition coefficient (Wildman–Crippen LogP) is 2.24. The van der Waals surface area contributed by atoms with Crippen LogP contribution in [0.1, 0.15) is 30.3 Å². The van der Waals surface area contributed by atoms with Crippen molar-refractivity contribution in [3.63, 3.8) is 0 Å². The van der Waals surface area contributed by atoms with Crippen LogP contribution in [0.25, 0.3) is 5.69 Å². The zero-order valence-corrected chi connectivity index (χ0v) is 16.8. The average Bonchev–Trinajstić information content (AvgIpc) is 2.97. The maximum absolute atomic E-state index is 12.3. The molecule has 1 atom stereocenters. The van der Waals surface area contributed by atoms with Gasteiger partial charge in [-0.05, 0) is 26.0 Å². The highest BCUT2D eigenvalue weighted by Crippen LogP contribution is 2.20. The number of carboxylic acid groups (broad SMARTS) is 1. The number of amides is 1. The second-order valence-corrected chi connectivity index (χ2v) is 7.50. The third kappa shape index (κ3) is 4.42. The van der Waals surface area contributed by atoms with E-state index in [1.54, 1.807) is 11.8 Å². The van der Waals surface area contributed by atoms with Crippen LogP contribution in [0.5, 0.6) is 0 Å². The summed E-state index contributed by atoms with van der Waals surface area (Å²) in [6, 6.07) is 10.1. The smallest absolute Gasteiger partial charge is 0.306 e. The van der Waals surface area contributed by atoms with Crippen molar-refractivity contribution in [2.75, 3.05) is 26.2 Å². The van der Waals surface area contributed by atoms with Crippen LogP contribution in [-0.4, -0.2) is 62.7 Å². The van der Waals surface area contributed by atoms with Crippen LogP contribution < -0.4 is 0 Å². The van der Waals surface area contributed by atoms with Gasteiger partial charge >= 0.3 is 5.97 Å². The van der Waals surface area contributed by atoms with E-state index in [1.165, 1.54) is 5.56 Å². The molecule has 2 aromatic rings. The number of carboxylic acids is 1. The van der Waals surface area contributed by atoms with E-state index in [-0.39, 0.29) is 12.3 Å². The summed E-state index contributed by atoms with van der Waals surface area (Å²) in [5.41, 5.74) is 4.44. The van der Waals surface area contributed by atoms with Gasteiger partial charge in [-0.15, -0.1) is 0 Å². The van der Waals surface area contributed by atoms with Crippen LogP contribution in [0.2, 0.25) is 0 Å². The molecule has 1 saturated heterocycles. The normalized spacial score (nSPS) is 16.2. The van der Waals surface area contributed by atoms with E-state index in [0.717, 1.165) is 36.7 Å². The van der Waals surface area contributed by atoms with Crippen molar-refractivity contribution in [1.82, 2.24) is 19.6 Å². The van der Waals surface area contributed by atoms with Crippen LogP contribution in [0.4, 0.5) is 0 Å². The van der Waals surface area contributed by atoms with E-state index in [9.17, 15) is 9.59 Å². The molecule has 1 fully saturated rings. The Kier molecular flexibility index (Phi) is 6.14. The summed E-state index contributed by atoms with van der Waals surface area (Å²) < 4.78 is 1.98. The fourth-order valence-electron chi connectivity index (χ4n) is 3.58. The van der Waals surface area contributed by atoms with Crippen molar-refractivity contribution in [1.29, 1.82) is 0 Å². The lowest BCUT2D eigenvalue weighted by molar-refractivity contribution is -0.145. The van der Waals surface area contributed by atoms with Gasteiger partial charge < -0.3 is 10.0 Å². The van der Waals surface area contributed by atoms with Crippen LogP contribution in [-0.2, 0) is 16.1 Å². The first kappa shape index (κ1) is 20.1. The first-order chi connectivity index (χ1) is 13.4. The molecule has 1 aliphatic heterocycles. The van der Waals surface area contributed by atoms with Crippen molar-refractivity contribution in [2.45, 2.75) is 33.7 Å². The summed E-state index contributed by atoms with van der Waals surface area (Å²) in [7, 11) is 0. The quantitative estimate of drug-likeness (QED) is 0.826. The zero-order valence-electron chi connectivity index (χ0n) is 16.8. The number of carbonyl (C=O) groups is 2. The monoisotopic (exact) mass is 384 g/mol. The molecule has 28 heavy (non-hydrogen) atoms. The number of nitrogens with zero attached hydrogens (tertiary/aromatic N) is 4. The molecule has 1 aliphatic rings. The van der Waals surface area contributed by atoms with Crippen molar-refractivity contribution in [2.24, 2.45) is 5.92 Å². The molecular weight excluding hydrogens is 356 g/mol. The summed E-state index contributed by atoms with van der Waals surface area (Å²) in [6.45, 7) is 9.34. The number of rotatable bonds is 6. The van der Waals surface area contributed by atoms with Crippen molar-refractivity contribution in [3.8, 4) is 5.69 Å². The van der Waals surface area contributed by atoms with Crippen LogP contribution in [0.15, 0.2) is 30.3 Å². The van der Waals surface area contributed by atoms with Gasteiger partial charge in [0.25, 0.3) is 0 Å². The molecule has 1 aromatic heterocycles. The summed E-state index contributed by atoms with van der Waals surface area (Å²) >= 11 is 0. The van der Waals surface area contributed by atoms with Gasteiger partial charge in [0.05, 0.1) is 17.3 Å². The number of aryl methyl sites for hydroxylation is 1. The van der Waals surface area contributed by atoms with Gasteiger partial charge in [-0.2, -0.15) is 5.10 Å². The lowest BCUT2D eigenvalue weighted by atomic mass is 10.1. The lowest BCUT2D eigenvalue weighted by Crippen LogP contribution is -2.48. The molecule has 0 aliphatic carbocycles. The number of hydrogen-bond donors (Lipinski definition) is 1. The zero-order chi connectivity index (χ0) is 20.3. The Bertz CT molecular complexity index is 839. The highest BCUT2D eigenvalue weighted by Gasteiger charge is 2.25. The van der Waals surface area contributed by atoms with Crippen LogP contribution in [0.3, 0.4) is 0 Å². The Morgan fingerprint density at radius 3 is 2.36 bits per heavy atom. The first-order valence-corrected chi connectivity index (χ1v) is 9.70. The van der Waals surface area contributed by atoms with E-state index < -0.39 is 11.9 Å². The molecule has 7 heteroatoms. The third-order valence-electron chi connectivity index (χ3n) is 5.45.